The average molecular weight is 250 g/mol. The molecule has 0 radical (unpaired) electrons. The molecule has 0 spiro atoms. The van der Waals surface area contributed by atoms with Gasteiger partial charge in [0.25, 0.3) is 0 Å². The third-order valence-corrected chi connectivity index (χ3v) is 5.23. The molecule has 3 nitrogen and oxygen atoms in total. The summed E-state index contributed by atoms with van der Waals surface area (Å²) in [6.45, 7) is 2.74. The molecule has 3 rings (SSSR count). The molecule has 1 saturated heterocycles. The molecule has 1 aliphatic carbocycles. The fourth-order valence-corrected chi connectivity index (χ4v) is 4.10. The second-order valence-corrected chi connectivity index (χ2v) is 6.17. The van der Waals surface area contributed by atoms with E-state index in [9.17, 15) is 4.79 Å². The summed E-state index contributed by atoms with van der Waals surface area (Å²) < 4.78 is 0. The monoisotopic (exact) mass is 250 g/mol. The third kappa shape index (κ3) is 1.99. The van der Waals surface area contributed by atoms with Crippen molar-refractivity contribution in [2.45, 2.75) is 45.1 Å². The van der Waals surface area contributed by atoms with E-state index in [1.165, 1.54) is 32.1 Å². The van der Waals surface area contributed by atoms with Crippen LogP contribution in [-0.2, 0) is 0 Å². The predicted molar refractivity (Wildman–Crippen MR) is 69.8 cm³/mol. The zero-order valence-corrected chi connectivity index (χ0v) is 11.0. The van der Waals surface area contributed by atoms with Crippen LogP contribution in [0.5, 0.6) is 0 Å². The first kappa shape index (κ1) is 11.2. The van der Waals surface area contributed by atoms with Crippen LogP contribution in [-0.4, -0.2) is 23.4 Å². The van der Waals surface area contributed by atoms with E-state index in [1.807, 2.05) is 0 Å². The summed E-state index contributed by atoms with van der Waals surface area (Å²) in [5.74, 6) is 1.00. The van der Waals surface area contributed by atoms with Crippen LogP contribution in [0.2, 0.25) is 0 Å². The maximum atomic E-state index is 11.3. The van der Waals surface area contributed by atoms with Crippen LogP contribution in [0.1, 0.15) is 48.7 Å². The van der Waals surface area contributed by atoms with Gasteiger partial charge in [-0.1, -0.05) is 24.2 Å². The van der Waals surface area contributed by atoms with Gasteiger partial charge in [0.2, 0.25) is 0 Å². The van der Waals surface area contributed by atoms with E-state index in [0.717, 1.165) is 22.5 Å². The molecule has 0 N–H and O–H groups in total. The minimum atomic E-state index is 0.133. The molecule has 1 aromatic rings. The highest BCUT2D eigenvalue weighted by Crippen LogP contribution is 2.39. The number of aromatic nitrogens is 1. The predicted octanol–water partition coefficient (Wildman–Crippen LogP) is 3.11. The lowest BCUT2D eigenvalue weighted by Crippen LogP contribution is -2.34. The molecule has 0 bridgehead atoms. The molecule has 0 amide bonds. The third-order valence-electron chi connectivity index (χ3n) is 4.10. The molecule has 4 heteroatoms. The number of hydrogen-bond acceptors (Lipinski definition) is 4. The van der Waals surface area contributed by atoms with Gasteiger partial charge >= 0.3 is 0 Å². The number of nitrogens with zero attached hydrogens (tertiary/aromatic N) is 2. The fraction of sp³-hybridized carbons (Fsp3) is 0.692. The summed E-state index contributed by atoms with van der Waals surface area (Å²) in [6, 6.07) is 0.690. The molecular weight excluding hydrogens is 232 g/mol. The lowest BCUT2D eigenvalue weighted by atomic mass is 9.85. The first-order valence-electron chi connectivity index (χ1n) is 6.49. The van der Waals surface area contributed by atoms with Gasteiger partial charge in [0.05, 0.1) is 11.1 Å². The highest BCUT2D eigenvalue weighted by Gasteiger charge is 2.36. The summed E-state index contributed by atoms with van der Waals surface area (Å²) in [5.41, 5.74) is 0. The van der Waals surface area contributed by atoms with Crippen molar-refractivity contribution in [2.75, 3.05) is 11.4 Å². The van der Waals surface area contributed by atoms with Crippen LogP contribution < -0.4 is 4.90 Å². The van der Waals surface area contributed by atoms with Gasteiger partial charge in [-0.05, 0) is 25.2 Å². The Labute approximate surface area is 106 Å². The number of hydrogen-bond donors (Lipinski definition) is 0. The number of rotatable bonds is 2. The largest absolute Gasteiger partial charge is 0.345 e. The van der Waals surface area contributed by atoms with Gasteiger partial charge in [-0.2, -0.15) is 0 Å². The van der Waals surface area contributed by atoms with E-state index in [1.54, 1.807) is 24.5 Å². The number of thiazole rings is 1. The van der Waals surface area contributed by atoms with Crippen molar-refractivity contribution in [2.24, 2.45) is 5.92 Å². The van der Waals surface area contributed by atoms with Crippen molar-refractivity contribution >= 4 is 22.3 Å². The molecule has 92 valence electrons. The van der Waals surface area contributed by atoms with Crippen molar-refractivity contribution in [3.05, 3.63) is 11.1 Å². The minimum Gasteiger partial charge on any atom is -0.345 e. The van der Waals surface area contributed by atoms with Crippen LogP contribution in [0.3, 0.4) is 0 Å². The van der Waals surface area contributed by atoms with E-state index in [4.69, 9.17) is 0 Å². The summed E-state index contributed by atoms with van der Waals surface area (Å²) in [6.07, 6.45) is 8.47. The van der Waals surface area contributed by atoms with Gasteiger partial charge in [-0.3, -0.25) is 4.79 Å². The zero-order chi connectivity index (χ0) is 11.8. The maximum absolute atomic E-state index is 11.3. The first-order valence-corrected chi connectivity index (χ1v) is 7.31. The van der Waals surface area contributed by atoms with E-state index >= 15 is 0 Å². The number of carbonyl (C=O) groups is 1. The molecule has 17 heavy (non-hydrogen) atoms. The Balaban J connectivity index is 1.81. The van der Waals surface area contributed by atoms with Crippen molar-refractivity contribution in [3.8, 4) is 0 Å². The Morgan fingerprint density at radius 1 is 1.41 bits per heavy atom. The van der Waals surface area contributed by atoms with Gasteiger partial charge in [-0.25, -0.2) is 4.98 Å². The lowest BCUT2D eigenvalue weighted by Gasteiger charge is -2.31. The molecule has 2 atom stereocenters. The number of Topliss-reactive ketones (excluding diaryl/α,β-unsaturated/α-hetero) is 1. The fourth-order valence-electron chi connectivity index (χ4n) is 3.20. The molecule has 2 unspecified atom stereocenters. The maximum Gasteiger partial charge on any atom is 0.186 e. The van der Waals surface area contributed by atoms with E-state index in [2.05, 4.69) is 9.88 Å². The Morgan fingerprint density at radius 3 is 3.00 bits per heavy atom. The molecule has 1 saturated carbocycles. The summed E-state index contributed by atoms with van der Waals surface area (Å²) in [5, 5.41) is 1.06. The average Bonchev–Trinajstić information content (AvgIpc) is 2.95. The zero-order valence-electron chi connectivity index (χ0n) is 10.2. The van der Waals surface area contributed by atoms with Crippen molar-refractivity contribution in [3.63, 3.8) is 0 Å². The number of ketones is 1. The molecule has 2 fully saturated rings. The van der Waals surface area contributed by atoms with Gasteiger partial charge in [-0.15, -0.1) is 0 Å². The van der Waals surface area contributed by atoms with Crippen LogP contribution in [0, 0.1) is 5.92 Å². The highest BCUT2D eigenvalue weighted by atomic mass is 32.1. The van der Waals surface area contributed by atoms with Crippen molar-refractivity contribution < 1.29 is 4.79 Å². The smallest absolute Gasteiger partial charge is 0.186 e. The van der Waals surface area contributed by atoms with Crippen molar-refractivity contribution in [1.82, 2.24) is 4.98 Å². The van der Waals surface area contributed by atoms with Crippen LogP contribution in [0.4, 0.5) is 5.13 Å². The molecule has 2 heterocycles. The summed E-state index contributed by atoms with van der Waals surface area (Å²) in [4.78, 5) is 19.0. The van der Waals surface area contributed by atoms with Gasteiger partial charge in [0, 0.05) is 19.5 Å². The SMILES string of the molecule is CC(=O)c1cnc(N2CCC3CCCCC32)s1. The summed E-state index contributed by atoms with van der Waals surface area (Å²) >= 11 is 1.56. The van der Waals surface area contributed by atoms with E-state index < -0.39 is 0 Å². The molecule has 1 aromatic heterocycles. The Bertz CT molecular complexity index is 429. The van der Waals surface area contributed by atoms with Crippen LogP contribution >= 0.6 is 11.3 Å². The molecule has 0 aromatic carbocycles. The standard InChI is InChI=1S/C13H18N2OS/c1-9(16)12-8-14-13(17-12)15-7-6-10-4-2-3-5-11(10)15/h8,10-11H,2-7H2,1H3. The number of fused-ring (bicyclic) bond motifs is 1. The van der Waals surface area contributed by atoms with Crippen molar-refractivity contribution in [1.29, 1.82) is 0 Å². The van der Waals surface area contributed by atoms with E-state index in [-0.39, 0.29) is 5.78 Å². The highest BCUT2D eigenvalue weighted by molar-refractivity contribution is 7.17. The Hall–Kier alpha value is -0.900. The second-order valence-electron chi connectivity index (χ2n) is 5.16. The van der Waals surface area contributed by atoms with Gasteiger partial charge in [0.1, 0.15) is 0 Å². The van der Waals surface area contributed by atoms with Gasteiger partial charge in [0.15, 0.2) is 10.9 Å². The molecule has 2 aliphatic rings. The van der Waals surface area contributed by atoms with Gasteiger partial charge < -0.3 is 4.90 Å². The second kappa shape index (κ2) is 4.41. The van der Waals surface area contributed by atoms with Crippen LogP contribution in [0.25, 0.3) is 0 Å². The Kier molecular flexibility index (Phi) is 2.90. The van der Waals surface area contributed by atoms with Crippen LogP contribution in [0.15, 0.2) is 6.20 Å². The Morgan fingerprint density at radius 2 is 2.24 bits per heavy atom. The minimum absolute atomic E-state index is 0.133. The summed E-state index contributed by atoms with van der Waals surface area (Å²) in [7, 11) is 0. The molecular formula is C13H18N2OS. The number of anilines is 1. The topological polar surface area (TPSA) is 33.2 Å². The first-order chi connectivity index (χ1) is 8.25. The normalized spacial score (nSPS) is 28.2. The number of carbonyl (C=O) groups excluding carboxylic acids is 1. The van der Waals surface area contributed by atoms with E-state index in [0.29, 0.717) is 6.04 Å². The molecule has 1 aliphatic heterocycles. The quantitative estimate of drug-likeness (QED) is 0.756. The lowest BCUT2D eigenvalue weighted by molar-refractivity contribution is 0.102.